The predicted octanol–water partition coefficient (Wildman–Crippen LogP) is 4.33. The van der Waals surface area contributed by atoms with E-state index in [1.807, 2.05) is 24.3 Å². The van der Waals surface area contributed by atoms with E-state index in [2.05, 4.69) is 47.7 Å². The van der Waals surface area contributed by atoms with E-state index in [4.69, 9.17) is 5.73 Å². The predicted molar refractivity (Wildman–Crippen MR) is 78.9 cm³/mol. The van der Waals surface area contributed by atoms with Crippen molar-refractivity contribution in [1.82, 2.24) is 0 Å². The summed E-state index contributed by atoms with van der Waals surface area (Å²) in [5, 5.41) is 0. The largest absolute Gasteiger partial charge is 0.399 e. The van der Waals surface area contributed by atoms with Crippen LogP contribution in [0.25, 0.3) is 0 Å². The van der Waals surface area contributed by atoms with Crippen LogP contribution < -0.4 is 5.73 Å². The molecule has 2 rings (SSSR count). The van der Waals surface area contributed by atoms with Crippen molar-refractivity contribution in [1.29, 1.82) is 0 Å². The Labute approximate surface area is 114 Å². The summed E-state index contributed by atoms with van der Waals surface area (Å²) in [5.74, 6) is 0. The Morgan fingerprint density at radius 3 is 2.25 bits per heavy atom. The van der Waals surface area contributed by atoms with Crippen molar-refractivity contribution in [2.75, 3.05) is 5.73 Å². The molecule has 0 spiro atoms. The third kappa shape index (κ3) is 2.92. The molecule has 2 N–H and O–H groups in total. The van der Waals surface area contributed by atoms with Gasteiger partial charge in [-0.25, -0.2) is 0 Å². The maximum Gasteiger partial charge on any atom is 0.0314 e. The van der Waals surface area contributed by atoms with Crippen molar-refractivity contribution in [2.24, 2.45) is 0 Å². The molecule has 2 aromatic carbocycles. The van der Waals surface area contributed by atoms with Crippen LogP contribution in [0.2, 0.25) is 0 Å². The minimum absolute atomic E-state index is 0.808. The fourth-order valence-corrected chi connectivity index (χ4v) is 2.60. The van der Waals surface area contributed by atoms with Crippen LogP contribution in [0, 0.1) is 10.5 Å². The molecule has 82 valence electrons. The first-order chi connectivity index (χ1) is 7.65. The third-order valence-electron chi connectivity index (χ3n) is 2.25. The number of nitrogens with two attached hydrogens (primary N) is 1. The number of hydrogen-bond acceptors (Lipinski definition) is 2. The summed E-state index contributed by atoms with van der Waals surface area (Å²) in [6.45, 7) is 2.13. The van der Waals surface area contributed by atoms with Gasteiger partial charge in [-0.1, -0.05) is 11.8 Å². The van der Waals surface area contributed by atoms with E-state index in [0.717, 1.165) is 5.69 Å². The molecule has 0 aliphatic heterocycles. The lowest BCUT2D eigenvalue weighted by atomic mass is 10.2. The highest BCUT2D eigenvalue weighted by Gasteiger charge is 2.00. The average molecular weight is 341 g/mol. The lowest BCUT2D eigenvalue weighted by Crippen LogP contribution is -1.83. The van der Waals surface area contributed by atoms with Gasteiger partial charge in [-0.05, 0) is 77.5 Å². The molecule has 0 saturated heterocycles. The molecule has 1 nitrogen and oxygen atoms in total. The van der Waals surface area contributed by atoms with Gasteiger partial charge in [-0.3, -0.25) is 0 Å². The summed E-state index contributed by atoms with van der Waals surface area (Å²) in [4.78, 5) is 2.48. The van der Waals surface area contributed by atoms with Gasteiger partial charge in [0.2, 0.25) is 0 Å². The SMILES string of the molecule is Cc1cc(Sc2ccc(N)cc2)ccc1I. The molecular weight excluding hydrogens is 329 g/mol. The monoisotopic (exact) mass is 341 g/mol. The molecule has 2 aromatic rings. The Bertz CT molecular complexity index is 494. The Hall–Kier alpha value is -0.680. The number of benzene rings is 2. The minimum Gasteiger partial charge on any atom is -0.399 e. The minimum atomic E-state index is 0.808. The normalized spacial score (nSPS) is 10.4. The van der Waals surface area contributed by atoms with Gasteiger partial charge in [0.05, 0.1) is 0 Å². The van der Waals surface area contributed by atoms with Gasteiger partial charge in [0.25, 0.3) is 0 Å². The topological polar surface area (TPSA) is 26.0 Å². The number of rotatable bonds is 2. The molecule has 0 unspecified atom stereocenters. The quantitative estimate of drug-likeness (QED) is 0.650. The molecule has 0 fully saturated rings. The van der Waals surface area contributed by atoms with Gasteiger partial charge >= 0.3 is 0 Å². The maximum atomic E-state index is 5.65. The van der Waals surface area contributed by atoms with E-state index in [0.29, 0.717) is 0 Å². The Kier molecular flexibility index (Phi) is 3.76. The van der Waals surface area contributed by atoms with E-state index in [1.54, 1.807) is 11.8 Å². The molecule has 3 heteroatoms. The van der Waals surface area contributed by atoms with Gasteiger partial charge in [0.1, 0.15) is 0 Å². The smallest absolute Gasteiger partial charge is 0.0314 e. The number of anilines is 1. The van der Waals surface area contributed by atoms with Crippen molar-refractivity contribution in [3.8, 4) is 0 Å². The maximum absolute atomic E-state index is 5.65. The molecule has 16 heavy (non-hydrogen) atoms. The van der Waals surface area contributed by atoms with Crippen LogP contribution in [-0.4, -0.2) is 0 Å². The van der Waals surface area contributed by atoms with Crippen LogP contribution >= 0.6 is 34.4 Å². The van der Waals surface area contributed by atoms with Crippen LogP contribution in [0.1, 0.15) is 5.56 Å². The molecule has 0 bridgehead atoms. The highest BCUT2D eigenvalue weighted by atomic mass is 127. The second-order valence-electron chi connectivity index (χ2n) is 3.58. The van der Waals surface area contributed by atoms with Crippen LogP contribution in [0.15, 0.2) is 52.3 Å². The number of halogens is 1. The van der Waals surface area contributed by atoms with Crippen LogP contribution in [-0.2, 0) is 0 Å². The van der Waals surface area contributed by atoms with Crippen LogP contribution in [0.4, 0.5) is 5.69 Å². The highest BCUT2D eigenvalue weighted by molar-refractivity contribution is 14.1. The Balaban J connectivity index is 2.20. The third-order valence-corrected chi connectivity index (χ3v) is 4.45. The molecule has 0 saturated carbocycles. The van der Waals surface area contributed by atoms with Crippen molar-refractivity contribution in [3.05, 3.63) is 51.6 Å². The summed E-state index contributed by atoms with van der Waals surface area (Å²) in [6, 6.07) is 14.5. The van der Waals surface area contributed by atoms with E-state index in [9.17, 15) is 0 Å². The summed E-state index contributed by atoms with van der Waals surface area (Å²) >= 11 is 4.11. The van der Waals surface area contributed by atoms with Gasteiger partial charge in [0, 0.05) is 19.0 Å². The zero-order valence-corrected chi connectivity index (χ0v) is 11.9. The standard InChI is InChI=1S/C13H12INS/c1-9-8-12(6-7-13(9)14)16-11-4-2-10(15)3-5-11/h2-8H,15H2,1H3. The van der Waals surface area contributed by atoms with Gasteiger partial charge in [0.15, 0.2) is 0 Å². The second-order valence-corrected chi connectivity index (χ2v) is 5.89. The summed E-state index contributed by atoms with van der Waals surface area (Å²) in [6.07, 6.45) is 0. The van der Waals surface area contributed by atoms with Gasteiger partial charge < -0.3 is 5.73 Å². The molecule has 0 atom stereocenters. The number of nitrogen functional groups attached to an aromatic ring is 1. The van der Waals surface area contributed by atoms with Crippen LogP contribution in [0.3, 0.4) is 0 Å². The molecule has 0 heterocycles. The second kappa shape index (κ2) is 5.10. The zero-order valence-electron chi connectivity index (χ0n) is 8.91. The first-order valence-corrected chi connectivity index (χ1v) is 6.84. The molecule has 0 aliphatic rings. The van der Waals surface area contributed by atoms with Gasteiger partial charge in [-0.2, -0.15) is 0 Å². The lowest BCUT2D eigenvalue weighted by molar-refractivity contribution is 1.32. The Morgan fingerprint density at radius 1 is 1.00 bits per heavy atom. The van der Waals surface area contributed by atoms with Crippen molar-refractivity contribution >= 4 is 40.0 Å². The van der Waals surface area contributed by atoms with Crippen molar-refractivity contribution in [3.63, 3.8) is 0 Å². The van der Waals surface area contributed by atoms with E-state index in [1.165, 1.54) is 18.9 Å². The van der Waals surface area contributed by atoms with Crippen molar-refractivity contribution < 1.29 is 0 Å². The summed E-state index contributed by atoms with van der Waals surface area (Å²) < 4.78 is 1.30. The highest BCUT2D eigenvalue weighted by Crippen LogP contribution is 2.29. The zero-order chi connectivity index (χ0) is 11.5. The molecule has 0 amide bonds. The molecule has 0 aliphatic carbocycles. The molecule has 0 radical (unpaired) electrons. The van der Waals surface area contributed by atoms with E-state index in [-0.39, 0.29) is 0 Å². The summed E-state index contributed by atoms with van der Waals surface area (Å²) in [5.41, 5.74) is 7.78. The molecule has 0 aromatic heterocycles. The first kappa shape index (κ1) is 11.8. The first-order valence-electron chi connectivity index (χ1n) is 4.95. The fraction of sp³-hybridized carbons (Fsp3) is 0.0769. The van der Waals surface area contributed by atoms with E-state index >= 15 is 0 Å². The Morgan fingerprint density at radius 2 is 1.62 bits per heavy atom. The molecular formula is C13H12INS. The summed E-state index contributed by atoms with van der Waals surface area (Å²) in [7, 11) is 0. The van der Waals surface area contributed by atoms with Crippen LogP contribution in [0.5, 0.6) is 0 Å². The van der Waals surface area contributed by atoms with Crippen molar-refractivity contribution in [2.45, 2.75) is 16.7 Å². The lowest BCUT2D eigenvalue weighted by Gasteiger charge is -2.04. The number of hydrogen-bond donors (Lipinski definition) is 1. The average Bonchev–Trinajstić information content (AvgIpc) is 2.27. The van der Waals surface area contributed by atoms with Gasteiger partial charge in [-0.15, -0.1) is 0 Å². The fourth-order valence-electron chi connectivity index (χ4n) is 1.35. The number of aryl methyl sites for hydroxylation is 1. The van der Waals surface area contributed by atoms with E-state index < -0.39 is 0 Å².